The average molecular weight is 1310 g/mol. The molecule has 1 N–H and O–H groups in total. The molecule has 10 bridgehead atoms. The van der Waals surface area contributed by atoms with Crippen molar-refractivity contribution in [3.63, 3.8) is 0 Å². The predicted molar refractivity (Wildman–Crippen MR) is 347 cm³/mol. The Hall–Kier alpha value is -9.20. The number of aliphatic imine (C=N–C) groups is 1. The number of hydrogen-bond acceptors (Lipinski definition) is 15. The molecule has 10 aromatic carbocycles. The van der Waals surface area contributed by atoms with Crippen LogP contribution in [0.4, 0.5) is 0 Å². The van der Waals surface area contributed by atoms with E-state index in [4.69, 9.17) is 85.7 Å². The minimum atomic E-state index is -3.92. The quantitative estimate of drug-likeness (QED) is 0.110. The monoisotopic (exact) mass is 1310 g/mol. The van der Waals surface area contributed by atoms with Gasteiger partial charge in [0.2, 0.25) is 0 Å². The van der Waals surface area contributed by atoms with Crippen LogP contribution >= 0.6 is 0 Å². The van der Waals surface area contributed by atoms with Gasteiger partial charge in [-0.15, -0.1) is 0 Å². The third-order valence-electron chi connectivity index (χ3n) is 14.9. The second kappa shape index (κ2) is 24.2. The molecule has 4 aliphatic heterocycles. The van der Waals surface area contributed by atoms with Crippen molar-refractivity contribution in [1.29, 1.82) is 0 Å². The molecule has 0 aliphatic carbocycles. The summed E-state index contributed by atoms with van der Waals surface area (Å²) in [5, 5.41) is 20.8. The molecule has 458 valence electrons. The van der Waals surface area contributed by atoms with Gasteiger partial charge >= 0.3 is 17.1 Å². The van der Waals surface area contributed by atoms with Crippen molar-refractivity contribution in [1.82, 2.24) is 15.0 Å². The van der Waals surface area contributed by atoms with E-state index in [1.807, 2.05) is 82.3 Å². The smallest absolute Gasteiger partial charge is 0.748 e. The molecule has 2 spiro atoms. The van der Waals surface area contributed by atoms with Crippen LogP contribution in [0.3, 0.4) is 0 Å². The molecule has 17 rings (SSSR count). The van der Waals surface area contributed by atoms with Crippen molar-refractivity contribution < 1.29 is 56.0 Å². The molecule has 0 amide bonds. The Labute approximate surface area is 531 Å². The van der Waals surface area contributed by atoms with Crippen LogP contribution in [0.25, 0.3) is 91.5 Å². The normalized spacial score (nSPS) is 17.4. The fourth-order valence-corrected chi connectivity index (χ4v) is 11.4. The van der Waals surface area contributed by atoms with Crippen molar-refractivity contribution in [3.8, 4) is 0 Å². The van der Waals surface area contributed by atoms with E-state index >= 15 is 0 Å². The number of nitrogens with zero attached hydrogens (tertiary/aromatic N) is 11. The van der Waals surface area contributed by atoms with Crippen LogP contribution in [0.1, 0.15) is 56.1 Å². The van der Waals surface area contributed by atoms with Gasteiger partial charge in [-0.25, -0.2) is 16.8 Å². The second-order valence-corrected chi connectivity index (χ2v) is 25.4. The van der Waals surface area contributed by atoms with Crippen LogP contribution < -0.4 is 47.9 Å². The maximum atomic E-state index is 9.19. The molecule has 3 aromatic heterocycles. The van der Waals surface area contributed by atoms with Crippen LogP contribution in [0.15, 0.2) is 217 Å². The summed E-state index contributed by atoms with van der Waals surface area (Å²) in [6, 6.07) is 63.0. The van der Waals surface area contributed by atoms with Crippen LogP contribution in [-0.2, 0) is 59.0 Å². The van der Waals surface area contributed by atoms with Gasteiger partial charge in [0.05, 0.1) is 32.3 Å². The van der Waals surface area contributed by atoms with E-state index in [9.17, 15) is 8.42 Å². The molecule has 0 saturated heterocycles. The third-order valence-corrected chi connectivity index (χ3v) is 14.9. The fraction of sp³-hybridized carbons (Fsp3) is 0.149. The Bertz CT molecular complexity index is 5870. The minimum Gasteiger partial charge on any atom is -0.748 e. The summed E-state index contributed by atoms with van der Waals surface area (Å²) in [6.07, 6.45) is 1.12. The van der Waals surface area contributed by atoms with Gasteiger partial charge in [-0.3, -0.25) is 9.55 Å². The van der Waals surface area contributed by atoms with E-state index in [-0.39, 0.29) is 17.1 Å². The number of amidine groups is 1. The Morgan fingerprint density at radius 3 is 1.08 bits per heavy atom. The van der Waals surface area contributed by atoms with E-state index in [2.05, 4.69) is 127 Å². The number of fused-ring (bicyclic) bond motifs is 21. The number of aromatic nitrogens is 3. The standard InChI is InChI=1S/C60H31N11.2C2H6.3CH4O3S.Fe/c1-3-13-33-23-43-41(21-31(33)11-1)51-61-53(43)66-59-50-30-40-20-10-8-18-38(40)28-48(50)58(71-59)64-52-42-22-32-12-2-4-14-34(32)24-44(42)54(62-52)67-60(49-29-39-19-9-7-17-37(39)27-47(49)57(63-51)70-60)69-56-46-26-36-16-6-5-15-35(36)25-45(46)55(65-56)68-59;2*1-2;3*1-5(2,3)4;/h1-30,57H;2*1-2H3;3*1H3,(H,2,3,4);/q-4;;;;;;+4/p-2. The van der Waals surface area contributed by atoms with E-state index in [0.29, 0.717) is 57.5 Å². The molecule has 20 nitrogen and oxygen atoms in total. The van der Waals surface area contributed by atoms with E-state index in [1.54, 1.807) is 0 Å². The van der Waals surface area contributed by atoms with Gasteiger partial charge in [0.15, 0.2) is 5.79 Å². The molecule has 0 saturated carbocycles. The zero-order valence-corrected chi connectivity index (χ0v) is 53.2. The Morgan fingerprint density at radius 1 is 0.407 bits per heavy atom. The number of hydrogen-bond donors (Lipinski definition) is 1. The van der Waals surface area contributed by atoms with Crippen LogP contribution in [0.5, 0.6) is 0 Å². The van der Waals surface area contributed by atoms with E-state index in [1.165, 1.54) is 0 Å². The van der Waals surface area contributed by atoms with Gasteiger partial charge in [0.25, 0.3) is 10.1 Å². The van der Waals surface area contributed by atoms with Gasteiger partial charge in [-0.1, -0.05) is 173 Å². The van der Waals surface area contributed by atoms with Crippen molar-refractivity contribution in [2.24, 2.45) is 34.9 Å². The summed E-state index contributed by atoms with van der Waals surface area (Å²) >= 11 is 0. The summed E-state index contributed by atoms with van der Waals surface area (Å²) in [4.78, 5) is 55.8. The Morgan fingerprint density at radius 2 is 0.692 bits per heavy atom. The first-order chi connectivity index (χ1) is 43.0. The molecule has 3 atom stereocenters. The van der Waals surface area contributed by atoms with Crippen LogP contribution in [0.2, 0.25) is 0 Å². The van der Waals surface area contributed by atoms with E-state index < -0.39 is 48.1 Å². The van der Waals surface area contributed by atoms with Gasteiger partial charge in [-0.05, 0) is 146 Å². The summed E-state index contributed by atoms with van der Waals surface area (Å²) in [6.45, 7) is 8.00. The van der Waals surface area contributed by atoms with Crippen LogP contribution in [0, 0.1) is 0 Å². The zero-order valence-electron chi connectivity index (χ0n) is 49.6. The Kier molecular flexibility index (Phi) is 16.9. The van der Waals surface area contributed by atoms with Gasteiger partial charge < -0.3 is 59.3 Å². The van der Waals surface area contributed by atoms with Gasteiger partial charge in [0.1, 0.15) is 0 Å². The molecule has 4 aliphatic rings. The second-order valence-electron chi connectivity index (χ2n) is 21.1. The molecule has 3 unspecified atom stereocenters. The Balaban J connectivity index is 0.000000380. The molecule has 13 aromatic rings. The van der Waals surface area contributed by atoms with E-state index in [0.717, 1.165) is 108 Å². The maximum Gasteiger partial charge on any atom is 4.00 e. The number of rotatable bonds is 0. The van der Waals surface area contributed by atoms with Gasteiger partial charge in [0, 0.05) is 56.6 Å². The average Bonchev–Trinajstić information content (AvgIpc) is 1.57. The SMILES string of the molecule is CC.CC.CS(=O)(=O)O.CS(=O)(=O)[O-].CS(=O)(=O)[O-].[Fe+4].c1ccc2cc3c(cc2c1)C1=NC32N=c3[n-]c(c4cc5ccccc5cc34)=NC3[N-]C(N=c4[n-]c(c5cc6ccccc6cc45)=N1)(N=c1[n-]c(c4cc5ccccc5cc14)=N2)c1cc2ccccc2cc13. The minimum absolute atomic E-state index is 0. The van der Waals surface area contributed by atoms with Crippen molar-refractivity contribution >= 4 is 122 Å². The maximum absolute atomic E-state index is 9.19. The fourth-order valence-electron chi connectivity index (χ4n) is 11.4. The van der Waals surface area contributed by atoms with Crippen molar-refractivity contribution in [3.05, 3.63) is 242 Å². The first-order valence-electron chi connectivity index (χ1n) is 28.4. The molecule has 91 heavy (non-hydrogen) atoms. The molecule has 0 fully saturated rings. The third kappa shape index (κ3) is 12.6. The first-order valence-corrected chi connectivity index (χ1v) is 33.9. The molecule has 0 radical (unpaired) electrons. The first kappa shape index (κ1) is 63.4. The predicted octanol–water partition coefficient (Wildman–Crippen LogP) is 8.57. The van der Waals surface area contributed by atoms with Crippen molar-refractivity contribution in [2.75, 3.05) is 18.8 Å². The molecular formula is C67H53FeN11O9S3-2. The van der Waals surface area contributed by atoms with Crippen LogP contribution in [-0.4, -0.2) is 63.5 Å². The molecular weight excluding hydrogens is 1250 g/mol. The summed E-state index contributed by atoms with van der Waals surface area (Å²) in [7, 11) is -11.5. The molecule has 7 heterocycles. The van der Waals surface area contributed by atoms with Crippen molar-refractivity contribution in [2.45, 2.75) is 45.4 Å². The topological polar surface area (TPSA) is 312 Å². The zero-order chi connectivity index (χ0) is 63.7. The molecule has 24 heteroatoms. The summed E-state index contributed by atoms with van der Waals surface area (Å²) in [5.41, 5.74) is 5.80. The summed E-state index contributed by atoms with van der Waals surface area (Å²) < 4.78 is 80.3. The largest absolute Gasteiger partial charge is 4.00 e. The van der Waals surface area contributed by atoms with Gasteiger partial charge in [-0.2, -0.15) is 8.42 Å². The summed E-state index contributed by atoms with van der Waals surface area (Å²) in [5.74, 6) is -2.89. The number of benzene rings is 10.